The lowest BCUT2D eigenvalue weighted by molar-refractivity contribution is -0.0885. The number of hydrogen-bond donors (Lipinski definition) is 0. The van der Waals surface area contributed by atoms with Crippen molar-refractivity contribution in [3.05, 3.63) is 46.4 Å². The van der Waals surface area contributed by atoms with Gasteiger partial charge in [0.05, 0.1) is 6.54 Å². The molecule has 2 rings (SSSR count). The zero-order valence-corrected chi connectivity index (χ0v) is 9.39. The smallest absolute Gasteiger partial charge is 0.348 e. The van der Waals surface area contributed by atoms with Gasteiger partial charge in [-0.15, -0.1) is 11.3 Å². The lowest BCUT2D eigenvalue weighted by atomic mass is 10.2. The molecule has 2 nitrogen and oxygen atoms in total. The van der Waals surface area contributed by atoms with Gasteiger partial charge in [-0.2, -0.15) is 13.2 Å². The van der Waals surface area contributed by atoms with Crippen LogP contribution in [0, 0.1) is 0 Å². The molecule has 0 saturated heterocycles. The van der Waals surface area contributed by atoms with Crippen molar-refractivity contribution in [2.75, 3.05) is 0 Å². The van der Waals surface area contributed by atoms with Gasteiger partial charge in [0.15, 0.2) is 0 Å². The SMILES string of the molecule is O=C(c1ccn(Cc2cccs2)c1)C(F)(F)F. The molecule has 2 aromatic heterocycles. The van der Waals surface area contributed by atoms with E-state index in [2.05, 4.69) is 0 Å². The maximum absolute atomic E-state index is 12.2. The van der Waals surface area contributed by atoms with Gasteiger partial charge in [0, 0.05) is 22.8 Å². The first kappa shape index (κ1) is 11.9. The van der Waals surface area contributed by atoms with Crippen LogP contribution in [0.5, 0.6) is 0 Å². The van der Waals surface area contributed by atoms with Crippen molar-refractivity contribution in [3.63, 3.8) is 0 Å². The normalized spacial score (nSPS) is 11.7. The molecule has 2 heterocycles. The van der Waals surface area contributed by atoms with E-state index in [1.807, 2.05) is 17.5 Å². The molecule has 6 heteroatoms. The van der Waals surface area contributed by atoms with Crippen LogP contribution in [0.15, 0.2) is 36.0 Å². The van der Waals surface area contributed by atoms with Gasteiger partial charge in [-0.05, 0) is 17.5 Å². The molecule has 0 bridgehead atoms. The van der Waals surface area contributed by atoms with E-state index in [9.17, 15) is 18.0 Å². The van der Waals surface area contributed by atoms with Gasteiger partial charge in [0.2, 0.25) is 0 Å². The van der Waals surface area contributed by atoms with Gasteiger partial charge in [-0.1, -0.05) is 6.07 Å². The zero-order valence-electron chi connectivity index (χ0n) is 8.57. The molecule has 0 amide bonds. The van der Waals surface area contributed by atoms with Crippen molar-refractivity contribution in [2.45, 2.75) is 12.7 Å². The molecule has 0 unspecified atom stereocenters. The molecule has 90 valence electrons. The fourth-order valence-corrected chi connectivity index (χ4v) is 2.13. The number of ketones is 1. The van der Waals surface area contributed by atoms with E-state index in [0.29, 0.717) is 6.54 Å². The maximum Gasteiger partial charge on any atom is 0.454 e. The molecule has 2 aromatic rings. The third-order valence-electron chi connectivity index (χ3n) is 2.19. The Kier molecular flexibility index (Phi) is 3.06. The fourth-order valence-electron chi connectivity index (χ4n) is 1.42. The van der Waals surface area contributed by atoms with Gasteiger partial charge in [0.1, 0.15) is 0 Å². The third kappa shape index (κ3) is 2.76. The Morgan fingerprint density at radius 3 is 2.71 bits per heavy atom. The van der Waals surface area contributed by atoms with Gasteiger partial charge < -0.3 is 4.57 Å². The molecule has 0 aliphatic rings. The summed E-state index contributed by atoms with van der Waals surface area (Å²) in [6.45, 7) is 0.475. The van der Waals surface area contributed by atoms with Crippen LogP contribution in [-0.4, -0.2) is 16.5 Å². The molecular formula is C11H8F3NOS. The number of rotatable bonds is 3. The third-order valence-corrected chi connectivity index (χ3v) is 3.05. The summed E-state index contributed by atoms with van der Waals surface area (Å²) in [6, 6.07) is 4.94. The van der Waals surface area contributed by atoms with Gasteiger partial charge in [-0.3, -0.25) is 4.79 Å². The zero-order chi connectivity index (χ0) is 12.5. The molecule has 0 aromatic carbocycles. The summed E-state index contributed by atoms with van der Waals surface area (Å²) in [4.78, 5) is 12.0. The van der Waals surface area contributed by atoms with Gasteiger partial charge in [0.25, 0.3) is 5.78 Å². The molecule has 0 aliphatic heterocycles. The minimum atomic E-state index is -4.81. The van der Waals surface area contributed by atoms with E-state index in [0.717, 1.165) is 4.88 Å². The number of thiophene rings is 1. The highest BCUT2D eigenvalue weighted by molar-refractivity contribution is 7.09. The Morgan fingerprint density at radius 2 is 2.12 bits per heavy atom. The second-order valence-electron chi connectivity index (χ2n) is 3.48. The number of carbonyl (C=O) groups excluding carboxylic acids is 1. The van der Waals surface area contributed by atoms with Crippen LogP contribution < -0.4 is 0 Å². The van der Waals surface area contributed by atoms with E-state index >= 15 is 0 Å². The van der Waals surface area contributed by atoms with Crippen molar-refractivity contribution in [1.29, 1.82) is 0 Å². The first-order chi connectivity index (χ1) is 7.97. The average Bonchev–Trinajstić information content (AvgIpc) is 2.87. The van der Waals surface area contributed by atoms with Crippen LogP contribution in [0.25, 0.3) is 0 Å². The van der Waals surface area contributed by atoms with Crippen LogP contribution in [0.1, 0.15) is 15.2 Å². The topological polar surface area (TPSA) is 22.0 Å². The van der Waals surface area contributed by atoms with E-state index in [-0.39, 0.29) is 5.56 Å². The summed E-state index contributed by atoms with van der Waals surface area (Å²) >= 11 is 1.51. The summed E-state index contributed by atoms with van der Waals surface area (Å²) in [7, 11) is 0. The van der Waals surface area contributed by atoms with E-state index < -0.39 is 12.0 Å². The van der Waals surface area contributed by atoms with Crippen molar-refractivity contribution >= 4 is 17.1 Å². The standard InChI is InChI=1S/C11H8F3NOS/c12-11(13,14)10(16)8-3-4-15(6-8)7-9-2-1-5-17-9/h1-6H,7H2. The van der Waals surface area contributed by atoms with Crippen molar-refractivity contribution in [3.8, 4) is 0 Å². The summed E-state index contributed by atoms with van der Waals surface area (Å²) in [5.74, 6) is -1.80. The number of aromatic nitrogens is 1. The molecule has 0 N–H and O–H groups in total. The summed E-state index contributed by atoms with van der Waals surface area (Å²) in [5, 5.41) is 1.89. The molecular weight excluding hydrogens is 251 g/mol. The Hall–Kier alpha value is -1.56. The highest BCUT2D eigenvalue weighted by Crippen LogP contribution is 2.22. The number of nitrogens with zero attached hydrogens (tertiary/aromatic N) is 1. The lowest BCUT2D eigenvalue weighted by Gasteiger charge is -2.02. The first-order valence-corrected chi connectivity index (χ1v) is 5.64. The average molecular weight is 259 g/mol. The minimum absolute atomic E-state index is 0.325. The second-order valence-corrected chi connectivity index (χ2v) is 4.51. The molecule has 17 heavy (non-hydrogen) atoms. The van der Waals surface area contributed by atoms with E-state index in [1.54, 1.807) is 4.57 Å². The Labute approximate surface area is 99.3 Å². The largest absolute Gasteiger partial charge is 0.454 e. The highest BCUT2D eigenvalue weighted by atomic mass is 32.1. The summed E-state index contributed by atoms with van der Waals surface area (Å²) in [6.07, 6.45) is -2.12. The number of hydrogen-bond acceptors (Lipinski definition) is 2. The van der Waals surface area contributed by atoms with Crippen LogP contribution in [0.3, 0.4) is 0 Å². The monoisotopic (exact) mass is 259 g/mol. The number of carbonyl (C=O) groups is 1. The molecule has 0 radical (unpaired) electrons. The Morgan fingerprint density at radius 1 is 1.35 bits per heavy atom. The van der Waals surface area contributed by atoms with Crippen molar-refractivity contribution < 1.29 is 18.0 Å². The number of halogens is 3. The Balaban J connectivity index is 2.14. The quantitative estimate of drug-likeness (QED) is 0.775. The van der Waals surface area contributed by atoms with Crippen LogP contribution in [0.2, 0.25) is 0 Å². The van der Waals surface area contributed by atoms with Crippen LogP contribution in [-0.2, 0) is 6.54 Å². The molecule has 0 atom stereocenters. The fraction of sp³-hybridized carbons (Fsp3) is 0.182. The van der Waals surface area contributed by atoms with E-state index in [4.69, 9.17) is 0 Å². The second kappa shape index (κ2) is 4.37. The molecule has 0 saturated carbocycles. The maximum atomic E-state index is 12.2. The van der Waals surface area contributed by atoms with Gasteiger partial charge >= 0.3 is 6.18 Å². The Bertz CT molecular complexity index is 513. The van der Waals surface area contributed by atoms with Crippen LogP contribution >= 0.6 is 11.3 Å². The highest BCUT2D eigenvalue weighted by Gasteiger charge is 2.39. The molecule has 0 aliphatic carbocycles. The van der Waals surface area contributed by atoms with E-state index in [1.165, 1.54) is 29.8 Å². The van der Waals surface area contributed by atoms with Crippen molar-refractivity contribution in [2.24, 2.45) is 0 Å². The predicted molar refractivity (Wildman–Crippen MR) is 58.2 cm³/mol. The van der Waals surface area contributed by atoms with Gasteiger partial charge in [-0.25, -0.2) is 0 Å². The van der Waals surface area contributed by atoms with Crippen molar-refractivity contribution in [1.82, 2.24) is 4.57 Å². The summed E-state index contributed by atoms with van der Waals surface area (Å²) in [5.41, 5.74) is -0.325. The predicted octanol–water partition coefficient (Wildman–Crippen LogP) is 3.34. The number of alkyl halides is 3. The minimum Gasteiger partial charge on any atom is -0.348 e. The first-order valence-electron chi connectivity index (χ1n) is 4.76. The van der Waals surface area contributed by atoms with Crippen LogP contribution in [0.4, 0.5) is 13.2 Å². The lowest BCUT2D eigenvalue weighted by Crippen LogP contribution is -2.22. The molecule has 0 spiro atoms. The summed E-state index contributed by atoms with van der Waals surface area (Å²) < 4.78 is 38.1. The molecule has 0 fully saturated rings. The number of Topliss-reactive ketones (excluding diaryl/α,β-unsaturated/α-hetero) is 1.